The number of carbonyl (C=O) groups excluding carboxylic acids is 1. The zero-order valence-electron chi connectivity index (χ0n) is 16.0. The van der Waals surface area contributed by atoms with E-state index >= 15 is 0 Å². The smallest absolute Gasteiger partial charge is 0.186 e. The Bertz CT molecular complexity index is 731. The molecule has 1 aromatic carbocycles. The fourth-order valence-electron chi connectivity index (χ4n) is 4.15. The average molecular weight is 396 g/mol. The Balaban J connectivity index is 1.72. The zero-order valence-corrected chi connectivity index (χ0v) is 16.0. The summed E-state index contributed by atoms with van der Waals surface area (Å²) in [5, 5.41) is 48.7. The number of fused-ring (bicyclic) bond motifs is 1. The first-order valence-corrected chi connectivity index (χ1v) is 9.51. The van der Waals surface area contributed by atoms with Gasteiger partial charge in [-0.2, -0.15) is 0 Å². The number of hydrogen-bond donors (Lipinski definition) is 5. The molecule has 5 N–H and O–H groups in total. The Morgan fingerprint density at radius 1 is 1.18 bits per heavy atom. The van der Waals surface area contributed by atoms with E-state index in [1.165, 1.54) is 0 Å². The molecular weight excluding hydrogens is 368 g/mol. The molecule has 0 spiro atoms. The lowest BCUT2D eigenvalue weighted by Gasteiger charge is -2.39. The number of rotatable bonds is 6. The second-order valence-corrected chi connectivity index (χ2v) is 7.62. The monoisotopic (exact) mass is 396 g/mol. The van der Waals surface area contributed by atoms with Crippen molar-refractivity contribution in [1.29, 1.82) is 0 Å². The maximum Gasteiger partial charge on any atom is 0.186 e. The first-order chi connectivity index (χ1) is 13.3. The third-order valence-corrected chi connectivity index (χ3v) is 5.76. The van der Waals surface area contributed by atoms with Crippen LogP contribution in [-0.2, 0) is 28.9 Å². The predicted molar refractivity (Wildman–Crippen MR) is 97.7 cm³/mol. The van der Waals surface area contributed by atoms with Crippen LogP contribution in [0.4, 0.5) is 0 Å². The van der Waals surface area contributed by atoms with Crippen molar-refractivity contribution in [3.8, 4) is 0 Å². The second-order valence-electron chi connectivity index (χ2n) is 7.62. The molecule has 8 nitrogen and oxygen atoms in total. The summed E-state index contributed by atoms with van der Waals surface area (Å²) in [6.45, 7) is 3.16. The van der Waals surface area contributed by atoms with Crippen LogP contribution in [0, 0.1) is 12.8 Å². The van der Waals surface area contributed by atoms with Gasteiger partial charge in [0.25, 0.3) is 0 Å². The van der Waals surface area contributed by atoms with E-state index in [1.54, 1.807) is 0 Å². The SMILES string of the molecule is Cc1c(CCO[C@H]2O[C@H](CO)[C@@H](O)[C@H](O)[C@H]2O)c(CO)cc2c1C(=O)[C@H](C)C2. The number of ketones is 1. The molecule has 1 heterocycles. The molecule has 0 aromatic heterocycles. The molecule has 0 radical (unpaired) electrons. The number of hydrogen-bond acceptors (Lipinski definition) is 8. The maximum absolute atomic E-state index is 12.4. The molecule has 0 bridgehead atoms. The van der Waals surface area contributed by atoms with Crippen LogP contribution in [0.25, 0.3) is 0 Å². The average Bonchev–Trinajstić information content (AvgIpc) is 2.97. The van der Waals surface area contributed by atoms with Gasteiger partial charge in [0.2, 0.25) is 0 Å². The summed E-state index contributed by atoms with van der Waals surface area (Å²) in [5.41, 5.74) is 4.04. The van der Waals surface area contributed by atoms with Crippen molar-refractivity contribution in [3.05, 3.63) is 33.9 Å². The molecule has 0 amide bonds. The highest BCUT2D eigenvalue weighted by Gasteiger charge is 2.44. The van der Waals surface area contributed by atoms with Crippen LogP contribution in [0.1, 0.15) is 39.5 Å². The van der Waals surface area contributed by atoms with Crippen molar-refractivity contribution in [2.24, 2.45) is 5.92 Å². The molecule has 8 heteroatoms. The summed E-state index contributed by atoms with van der Waals surface area (Å²) < 4.78 is 10.9. The Kier molecular flexibility index (Phi) is 6.51. The van der Waals surface area contributed by atoms with Gasteiger partial charge < -0.3 is 35.0 Å². The summed E-state index contributed by atoms with van der Waals surface area (Å²) in [6, 6.07) is 1.87. The number of ether oxygens (including phenoxy) is 2. The molecule has 156 valence electrons. The van der Waals surface area contributed by atoms with E-state index in [4.69, 9.17) is 9.47 Å². The van der Waals surface area contributed by atoms with Gasteiger partial charge in [0, 0.05) is 11.5 Å². The topological polar surface area (TPSA) is 137 Å². The lowest BCUT2D eigenvalue weighted by molar-refractivity contribution is -0.300. The maximum atomic E-state index is 12.4. The fraction of sp³-hybridized carbons (Fsp3) is 0.650. The van der Waals surface area contributed by atoms with E-state index in [9.17, 15) is 30.3 Å². The normalized spacial score (nSPS) is 32.6. The summed E-state index contributed by atoms with van der Waals surface area (Å²) in [4.78, 5) is 12.4. The Morgan fingerprint density at radius 2 is 1.89 bits per heavy atom. The summed E-state index contributed by atoms with van der Waals surface area (Å²) in [5.74, 6) is 0.0361. The highest BCUT2D eigenvalue weighted by molar-refractivity contribution is 6.03. The van der Waals surface area contributed by atoms with Crippen LogP contribution in [0.15, 0.2) is 6.07 Å². The minimum absolute atomic E-state index is 0.0686. The molecule has 28 heavy (non-hydrogen) atoms. The van der Waals surface area contributed by atoms with Gasteiger partial charge >= 0.3 is 0 Å². The van der Waals surface area contributed by atoms with Gasteiger partial charge in [-0.3, -0.25) is 4.79 Å². The molecule has 1 aliphatic heterocycles. The molecular formula is C20H28O8. The summed E-state index contributed by atoms with van der Waals surface area (Å²) >= 11 is 0. The van der Waals surface area contributed by atoms with Crippen molar-refractivity contribution in [3.63, 3.8) is 0 Å². The van der Waals surface area contributed by atoms with Gasteiger partial charge in [-0.1, -0.05) is 13.0 Å². The number of aliphatic hydroxyl groups excluding tert-OH is 5. The van der Waals surface area contributed by atoms with Crippen molar-refractivity contribution < 1.29 is 39.8 Å². The lowest BCUT2D eigenvalue weighted by atomic mass is 9.92. The minimum Gasteiger partial charge on any atom is -0.394 e. The van der Waals surface area contributed by atoms with E-state index in [2.05, 4.69) is 0 Å². The van der Waals surface area contributed by atoms with E-state index in [1.807, 2.05) is 19.9 Å². The third-order valence-electron chi connectivity index (χ3n) is 5.76. The largest absolute Gasteiger partial charge is 0.394 e. The van der Waals surface area contributed by atoms with Crippen molar-refractivity contribution in [2.45, 2.75) is 64.0 Å². The molecule has 6 atom stereocenters. The lowest BCUT2D eigenvalue weighted by Crippen LogP contribution is -2.59. The van der Waals surface area contributed by atoms with Crippen LogP contribution in [0.3, 0.4) is 0 Å². The predicted octanol–water partition coefficient (Wildman–Crippen LogP) is -0.779. The zero-order chi connectivity index (χ0) is 20.6. The van der Waals surface area contributed by atoms with Crippen molar-refractivity contribution >= 4 is 5.78 Å². The number of benzene rings is 1. The van der Waals surface area contributed by atoms with Gasteiger partial charge in [-0.25, -0.2) is 0 Å². The van der Waals surface area contributed by atoms with Crippen LogP contribution >= 0.6 is 0 Å². The molecule has 2 aliphatic rings. The third kappa shape index (κ3) is 3.73. The summed E-state index contributed by atoms with van der Waals surface area (Å²) in [6.07, 6.45) is -5.59. The standard InChI is InChI=1S/C20H28O8/c1-9-5-11-6-12(7-21)13(10(2)15(11)16(9)23)3-4-27-20-19(26)18(25)17(24)14(8-22)28-20/h6,9,14,17-22,24-26H,3-5,7-8H2,1-2H3/t9-,14-,17-,18+,19-,20+/m1/s1. The van der Waals surface area contributed by atoms with Gasteiger partial charge in [0.15, 0.2) is 12.1 Å². The van der Waals surface area contributed by atoms with Crippen molar-refractivity contribution in [2.75, 3.05) is 13.2 Å². The fourth-order valence-corrected chi connectivity index (χ4v) is 4.15. The molecule has 1 aliphatic carbocycles. The first-order valence-electron chi connectivity index (χ1n) is 9.51. The summed E-state index contributed by atoms with van der Waals surface area (Å²) in [7, 11) is 0. The molecule has 3 rings (SSSR count). The minimum atomic E-state index is -1.50. The van der Waals surface area contributed by atoms with Crippen molar-refractivity contribution in [1.82, 2.24) is 0 Å². The van der Waals surface area contributed by atoms with E-state index < -0.39 is 37.3 Å². The van der Waals surface area contributed by atoms with Gasteiger partial charge in [-0.15, -0.1) is 0 Å². The molecule has 0 saturated carbocycles. The molecule has 0 unspecified atom stereocenters. The van der Waals surface area contributed by atoms with Gasteiger partial charge in [0.1, 0.15) is 24.4 Å². The Labute approximate surface area is 163 Å². The van der Waals surface area contributed by atoms with E-state index in [-0.39, 0.29) is 24.9 Å². The van der Waals surface area contributed by atoms with E-state index in [0.717, 1.165) is 22.3 Å². The molecule has 1 fully saturated rings. The highest BCUT2D eigenvalue weighted by atomic mass is 16.7. The quantitative estimate of drug-likeness (QED) is 0.422. The highest BCUT2D eigenvalue weighted by Crippen LogP contribution is 2.33. The second kappa shape index (κ2) is 8.54. The van der Waals surface area contributed by atoms with Crippen LogP contribution < -0.4 is 0 Å². The Hall–Kier alpha value is -1.39. The van der Waals surface area contributed by atoms with Crippen LogP contribution in [-0.4, -0.2) is 75.2 Å². The van der Waals surface area contributed by atoms with Gasteiger partial charge in [0.05, 0.1) is 19.8 Å². The molecule has 1 aromatic rings. The van der Waals surface area contributed by atoms with E-state index in [0.29, 0.717) is 18.4 Å². The number of aliphatic hydroxyl groups is 5. The number of Topliss-reactive ketones (excluding diaryl/α,β-unsaturated/α-hetero) is 1. The van der Waals surface area contributed by atoms with Gasteiger partial charge in [-0.05, 0) is 42.0 Å². The van der Waals surface area contributed by atoms with Crippen LogP contribution in [0.2, 0.25) is 0 Å². The molecule has 1 saturated heterocycles. The Morgan fingerprint density at radius 3 is 2.54 bits per heavy atom. The number of carbonyl (C=O) groups is 1. The van der Waals surface area contributed by atoms with Crippen LogP contribution in [0.5, 0.6) is 0 Å². The first kappa shape index (κ1) is 21.3.